The first-order chi connectivity index (χ1) is 13.1. The Hall–Kier alpha value is -2.51. The summed E-state index contributed by atoms with van der Waals surface area (Å²) in [6.07, 6.45) is 1.43. The van der Waals surface area contributed by atoms with Gasteiger partial charge in [0.15, 0.2) is 11.3 Å². The molecule has 0 aliphatic heterocycles. The number of methoxy groups -OCH3 is 1. The zero-order chi connectivity index (χ0) is 19.4. The molecule has 1 aromatic carbocycles. The van der Waals surface area contributed by atoms with Crippen molar-refractivity contribution >= 4 is 23.2 Å². The lowest BCUT2D eigenvalue weighted by atomic mass is 10.1. The minimum Gasteiger partial charge on any atom is -0.461 e. The van der Waals surface area contributed by atoms with Crippen LogP contribution in [0.5, 0.6) is 0 Å². The van der Waals surface area contributed by atoms with E-state index >= 15 is 0 Å². The number of ether oxygens (including phenoxy) is 2. The van der Waals surface area contributed by atoms with Crippen molar-refractivity contribution < 1.29 is 14.3 Å². The molecule has 0 unspecified atom stereocenters. The average molecular weight is 389 g/mol. The first-order valence-electron chi connectivity index (χ1n) is 8.79. The van der Waals surface area contributed by atoms with Crippen molar-refractivity contribution in [3.05, 3.63) is 46.4 Å². The van der Waals surface area contributed by atoms with Gasteiger partial charge in [-0.3, -0.25) is 0 Å². The number of halogens is 1. The fourth-order valence-electron chi connectivity index (χ4n) is 2.99. The van der Waals surface area contributed by atoms with Crippen LogP contribution in [-0.2, 0) is 22.5 Å². The van der Waals surface area contributed by atoms with Crippen molar-refractivity contribution in [2.75, 3.05) is 13.7 Å². The fourth-order valence-corrected chi connectivity index (χ4v) is 3.18. The van der Waals surface area contributed by atoms with Crippen LogP contribution >= 0.6 is 11.6 Å². The van der Waals surface area contributed by atoms with Crippen molar-refractivity contribution in [2.45, 2.75) is 33.3 Å². The summed E-state index contributed by atoms with van der Waals surface area (Å²) < 4.78 is 12.1. The quantitative estimate of drug-likeness (QED) is 0.574. The van der Waals surface area contributed by atoms with Gasteiger partial charge < -0.3 is 9.47 Å². The van der Waals surface area contributed by atoms with Gasteiger partial charge in [-0.25, -0.2) is 9.31 Å². The van der Waals surface area contributed by atoms with Crippen LogP contribution in [0.1, 0.15) is 42.1 Å². The van der Waals surface area contributed by atoms with E-state index in [-0.39, 0.29) is 12.3 Å². The molecule has 0 amide bonds. The molecule has 0 fully saturated rings. The summed E-state index contributed by atoms with van der Waals surface area (Å²) in [5.41, 5.74) is 3.78. The van der Waals surface area contributed by atoms with E-state index < -0.39 is 5.97 Å². The van der Waals surface area contributed by atoms with E-state index in [2.05, 4.69) is 15.3 Å². The molecule has 0 atom stereocenters. The molecule has 2 heterocycles. The summed E-state index contributed by atoms with van der Waals surface area (Å²) in [5.74, 6) is -0.497. The number of hydrogen-bond donors (Lipinski definition) is 0. The van der Waals surface area contributed by atoms with Gasteiger partial charge in [0, 0.05) is 12.1 Å². The standard InChI is InChI=1S/C19H21ClN4O3/c1-4-7-15-17(19(25)27-5-2)21-22-18-16(12-8-6-9-13(20)10-12)14(11-26-3)23-24(15)18/h6,8-10H,4-5,7,11H2,1-3H3. The maximum Gasteiger partial charge on any atom is 0.360 e. The van der Waals surface area contributed by atoms with Gasteiger partial charge in [0.05, 0.1) is 30.2 Å². The van der Waals surface area contributed by atoms with E-state index in [0.29, 0.717) is 35.1 Å². The number of rotatable bonds is 7. The number of esters is 1. The Morgan fingerprint density at radius 1 is 1.26 bits per heavy atom. The number of fused-ring (bicyclic) bond motifs is 1. The third-order valence-corrected chi connectivity index (χ3v) is 4.29. The highest BCUT2D eigenvalue weighted by Gasteiger charge is 2.24. The Morgan fingerprint density at radius 3 is 2.74 bits per heavy atom. The Morgan fingerprint density at radius 2 is 2.07 bits per heavy atom. The monoisotopic (exact) mass is 388 g/mol. The summed E-state index contributed by atoms with van der Waals surface area (Å²) in [6, 6.07) is 7.45. The van der Waals surface area contributed by atoms with Crippen LogP contribution in [0, 0.1) is 0 Å². The summed E-state index contributed by atoms with van der Waals surface area (Å²) in [7, 11) is 1.61. The molecule has 8 heteroatoms. The number of carbonyl (C=O) groups excluding carboxylic acids is 1. The summed E-state index contributed by atoms with van der Waals surface area (Å²) >= 11 is 6.17. The predicted molar refractivity (Wildman–Crippen MR) is 102 cm³/mol. The van der Waals surface area contributed by atoms with Gasteiger partial charge in [-0.2, -0.15) is 5.10 Å². The SMILES string of the molecule is CCCc1c(C(=O)OCC)nnc2c(-c3cccc(Cl)c3)c(COC)nn12. The smallest absolute Gasteiger partial charge is 0.360 e. The maximum atomic E-state index is 12.3. The second kappa shape index (κ2) is 8.45. The highest BCUT2D eigenvalue weighted by atomic mass is 35.5. The van der Waals surface area contributed by atoms with Crippen molar-refractivity contribution in [2.24, 2.45) is 0 Å². The van der Waals surface area contributed by atoms with Crippen molar-refractivity contribution in [3.8, 4) is 11.1 Å². The van der Waals surface area contributed by atoms with Crippen LogP contribution in [0.3, 0.4) is 0 Å². The van der Waals surface area contributed by atoms with Gasteiger partial charge in [0.1, 0.15) is 0 Å². The van der Waals surface area contributed by atoms with Crippen LogP contribution in [-0.4, -0.2) is 39.5 Å². The molecule has 7 nitrogen and oxygen atoms in total. The third-order valence-electron chi connectivity index (χ3n) is 4.06. The zero-order valence-electron chi connectivity index (χ0n) is 15.5. The van der Waals surface area contributed by atoms with Gasteiger partial charge in [0.25, 0.3) is 0 Å². The van der Waals surface area contributed by atoms with E-state index in [1.165, 1.54) is 0 Å². The Balaban J connectivity index is 2.28. The number of carbonyl (C=O) groups is 1. The van der Waals surface area contributed by atoms with Crippen LogP contribution in [0.4, 0.5) is 0 Å². The maximum absolute atomic E-state index is 12.3. The summed E-state index contributed by atoms with van der Waals surface area (Å²) in [4.78, 5) is 12.3. The van der Waals surface area contributed by atoms with Gasteiger partial charge in [-0.05, 0) is 31.0 Å². The molecule has 0 bridgehead atoms. The number of benzene rings is 1. The highest BCUT2D eigenvalue weighted by Crippen LogP contribution is 2.30. The highest BCUT2D eigenvalue weighted by molar-refractivity contribution is 6.30. The second-order valence-electron chi connectivity index (χ2n) is 5.97. The molecular formula is C19H21ClN4O3. The molecule has 3 aromatic rings. The van der Waals surface area contributed by atoms with E-state index in [4.69, 9.17) is 21.1 Å². The van der Waals surface area contributed by atoms with Crippen LogP contribution in [0.25, 0.3) is 16.8 Å². The Labute approximate surface area is 162 Å². The second-order valence-corrected chi connectivity index (χ2v) is 6.40. The number of hydrogen-bond acceptors (Lipinski definition) is 6. The summed E-state index contributed by atoms with van der Waals surface area (Å²) in [6.45, 7) is 4.35. The molecule has 0 aliphatic rings. The third kappa shape index (κ3) is 3.79. The first kappa shape index (κ1) is 19.3. The lowest BCUT2D eigenvalue weighted by Gasteiger charge is -2.08. The van der Waals surface area contributed by atoms with Gasteiger partial charge in [-0.15, -0.1) is 10.2 Å². The van der Waals surface area contributed by atoms with Crippen LogP contribution in [0.15, 0.2) is 24.3 Å². The molecule has 2 aromatic heterocycles. The van der Waals surface area contributed by atoms with Crippen molar-refractivity contribution in [1.29, 1.82) is 0 Å². The van der Waals surface area contributed by atoms with Gasteiger partial charge >= 0.3 is 5.97 Å². The topological polar surface area (TPSA) is 78.6 Å². The number of nitrogens with zero attached hydrogens (tertiary/aromatic N) is 4. The molecule has 0 N–H and O–H groups in total. The van der Waals surface area contributed by atoms with Gasteiger partial charge in [0.2, 0.25) is 0 Å². The molecule has 27 heavy (non-hydrogen) atoms. The van der Waals surface area contributed by atoms with E-state index in [1.807, 2.05) is 25.1 Å². The molecular weight excluding hydrogens is 368 g/mol. The van der Waals surface area contributed by atoms with E-state index in [9.17, 15) is 4.79 Å². The lowest BCUT2D eigenvalue weighted by molar-refractivity contribution is 0.0515. The largest absolute Gasteiger partial charge is 0.461 e. The van der Waals surface area contributed by atoms with Crippen LogP contribution < -0.4 is 0 Å². The number of aryl methyl sites for hydroxylation is 1. The zero-order valence-corrected chi connectivity index (χ0v) is 16.3. The fraction of sp³-hybridized carbons (Fsp3) is 0.368. The Kier molecular flexibility index (Phi) is 6.03. The predicted octanol–water partition coefficient (Wildman–Crippen LogP) is 3.72. The minimum absolute atomic E-state index is 0.190. The Bertz CT molecular complexity index is 971. The molecule has 142 valence electrons. The first-order valence-corrected chi connectivity index (χ1v) is 9.17. The number of aromatic nitrogens is 4. The molecule has 3 rings (SSSR count). The molecule has 0 saturated heterocycles. The van der Waals surface area contributed by atoms with Gasteiger partial charge in [-0.1, -0.05) is 37.1 Å². The lowest BCUT2D eigenvalue weighted by Crippen LogP contribution is -2.16. The normalized spacial score (nSPS) is 11.1. The molecule has 0 radical (unpaired) electrons. The summed E-state index contributed by atoms with van der Waals surface area (Å²) in [5, 5.41) is 13.7. The van der Waals surface area contributed by atoms with Crippen LogP contribution in [0.2, 0.25) is 5.02 Å². The van der Waals surface area contributed by atoms with E-state index in [1.54, 1.807) is 24.6 Å². The van der Waals surface area contributed by atoms with Crippen molar-refractivity contribution in [1.82, 2.24) is 19.8 Å². The average Bonchev–Trinajstić information content (AvgIpc) is 3.01. The van der Waals surface area contributed by atoms with E-state index in [0.717, 1.165) is 17.5 Å². The molecule has 0 saturated carbocycles. The van der Waals surface area contributed by atoms with Crippen molar-refractivity contribution in [3.63, 3.8) is 0 Å². The molecule has 0 spiro atoms. The molecule has 0 aliphatic carbocycles. The minimum atomic E-state index is -0.497.